The highest BCUT2D eigenvalue weighted by molar-refractivity contribution is 5.31. The molecular weight excluding hydrogens is 157 g/mol. The quantitative estimate of drug-likeness (QED) is 0.638. The molecule has 0 saturated carbocycles. The second-order valence-corrected chi connectivity index (χ2v) is 2.24. The lowest BCUT2D eigenvalue weighted by molar-refractivity contribution is 0.607. The average Bonchev–Trinajstić information content (AvgIpc) is 2.53. The van der Waals surface area contributed by atoms with Crippen molar-refractivity contribution in [2.45, 2.75) is 0 Å². The molecule has 0 N–H and O–H groups in total. The Hall–Kier alpha value is -1.71. The van der Waals surface area contributed by atoms with Crippen LogP contribution in [-0.2, 0) is 0 Å². The highest BCUT2D eigenvalue weighted by Crippen LogP contribution is 2.09. The van der Waals surface area contributed by atoms with E-state index in [4.69, 9.17) is 1.37 Å². The molecule has 0 spiro atoms. The van der Waals surface area contributed by atoms with Gasteiger partial charge >= 0.3 is 0 Å². The van der Waals surface area contributed by atoms with Gasteiger partial charge in [-0.2, -0.15) is 0 Å². The highest BCUT2D eigenvalue weighted by atomic mass is 19.1. The van der Waals surface area contributed by atoms with Crippen LogP contribution < -0.4 is 0 Å². The zero-order chi connectivity index (χ0) is 9.26. The standard InChI is InChI=1S/C8H6FN3/c9-7-3-1-2-4-8(7)12-6-5-10-11-12/h1-6H/i5D. The van der Waals surface area contributed by atoms with Crippen LogP contribution in [0.4, 0.5) is 4.39 Å². The molecule has 4 heteroatoms. The number of aromatic nitrogens is 3. The fraction of sp³-hybridized carbons (Fsp3) is 0. The Kier molecular flexibility index (Phi) is 1.34. The molecular formula is C8H6FN3. The smallest absolute Gasteiger partial charge is 0.148 e. The number of benzene rings is 1. The number of nitrogens with zero attached hydrogens (tertiary/aromatic N) is 3. The van der Waals surface area contributed by atoms with E-state index in [1.54, 1.807) is 18.2 Å². The molecule has 1 aromatic heterocycles. The van der Waals surface area contributed by atoms with E-state index in [0.29, 0.717) is 5.69 Å². The Morgan fingerprint density at radius 1 is 1.42 bits per heavy atom. The molecule has 0 fully saturated rings. The molecule has 3 nitrogen and oxygen atoms in total. The molecule has 0 atom stereocenters. The van der Waals surface area contributed by atoms with Crippen LogP contribution in [0.25, 0.3) is 5.69 Å². The molecule has 0 radical (unpaired) electrons. The number of halogens is 1. The van der Waals surface area contributed by atoms with Gasteiger partial charge in [0.05, 0.1) is 13.7 Å². The zero-order valence-corrected chi connectivity index (χ0v) is 6.11. The molecule has 0 aliphatic carbocycles. The van der Waals surface area contributed by atoms with Crippen molar-refractivity contribution in [2.24, 2.45) is 0 Å². The van der Waals surface area contributed by atoms with Crippen molar-refractivity contribution in [3.8, 4) is 5.69 Å². The Morgan fingerprint density at radius 2 is 2.25 bits per heavy atom. The third-order valence-corrected chi connectivity index (χ3v) is 1.48. The van der Waals surface area contributed by atoms with Crippen molar-refractivity contribution in [2.75, 3.05) is 0 Å². The lowest BCUT2D eigenvalue weighted by Crippen LogP contribution is -1.97. The Balaban J connectivity index is 2.52. The first-order chi connectivity index (χ1) is 6.27. The molecule has 12 heavy (non-hydrogen) atoms. The first-order valence-corrected chi connectivity index (χ1v) is 3.41. The van der Waals surface area contributed by atoms with Crippen molar-refractivity contribution < 1.29 is 5.76 Å². The minimum absolute atomic E-state index is 0.0169. The Labute approximate surface area is 69.9 Å². The lowest BCUT2D eigenvalue weighted by Gasteiger charge is -1.99. The minimum atomic E-state index is -0.382. The van der Waals surface area contributed by atoms with E-state index in [-0.39, 0.29) is 12.0 Å². The first-order valence-electron chi connectivity index (χ1n) is 3.91. The monoisotopic (exact) mass is 164 g/mol. The second-order valence-electron chi connectivity index (χ2n) is 2.24. The second kappa shape index (κ2) is 2.73. The summed E-state index contributed by atoms with van der Waals surface area (Å²) in [5, 5.41) is 7.03. The Bertz CT molecular complexity index is 427. The van der Waals surface area contributed by atoms with E-state index in [2.05, 4.69) is 10.3 Å². The van der Waals surface area contributed by atoms with Crippen LogP contribution in [-0.4, -0.2) is 15.0 Å². The SMILES string of the molecule is [2H]c1cn(-c2ccccc2F)nn1. The summed E-state index contributed by atoms with van der Waals surface area (Å²) in [5.74, 6) is -0.382. The molecule has 1 aromatic carbocycles. The van der Waals surface area contributed by atoms with Crippen molar-refractivity contribution in [1.29, 1.82) is 0 Å². The van der Waals surface area contributed by atoms with Crippen LogP contribution in [0.5, 0.6) is 0 Å². The van der Waals surface area contributed by atoms with Gasteiger partial charge in [-0.3, -0.25) is 0 Å². The zero-order valence-electron chi connectivity index (χ0n) is 7.11. The van der Waals surface area contributed by atoms with Crippen molar-refractivity contribution in [1.82, 2.24) is 15.0 Å². The van der Waals surface area contributed by atoms with Crippen LogP contribution in [0.15, 0.2) is 36.6 Å². The van der Waals surface area contributed by atoms with Gasteiger partial charge in [0.15, 0.2) is 0 Å². The number of para-hydroxylation sites is 1. The van der Waals surface area contributed by atoms with Crippen LogP contribution in [0, 0.1) is 5.82 Å². The van der Waals surface area contributed by atoms with E-state index >= 15 is 0 Å². The summed E-state index contributed by atoms with van der Waals surface area (Å²) in [7, 11) is 0. The van der Waals surface area contributed by atoms with E-state index in [0.717, 1.165) is 0 Å². The van der Waals surface area contributed by atoms with Crippen LogP contribution in [0.2, 0.25) is 0 Å². The molecule has 0 bridgehead atoms. The number of hydrogen-bond acceptors (Lipinski definition) is 2. The number of hydrogen-bond donors (Lipinski definition) is 0. The maximum absolute atomic E-state index is 13.1. The predicted octanol–water partition coefficient (Wildman–Crippen LogP) is 1.41. The van der Waals surface area contributed by atoms with Gasteiger partial charge in [-0.05, 0) is 12.1 Å². The van der Waals surface area contributed by atoms with Gasteiger partial charge in [-0.1, -0.05) is 17.3 Å². The van der Waals surface area contributed by atoms with Crippen LogP contribution >= 0.6 is 0 Å². The van der Waals surface area contributed by atoms with Gasteiger partial charge in [-0.25, -0.2) is 9.07 Å². The third-order valence-electron chi connectivity index (χ3n) is 1.48. The molecule has 0 unspecified atom stereocenters. The van der Waals surface area contributed by atoms with Crippen molar-refractivity contribution >= 4 is 0 Å². The summed E-state index contributed by atoms with van der Waals surface area (Å²) in [6, 6.07) is 6.20. The Morgan fingerprint density at radius 3 is 2.92 bits per heavy atom. The third kappa shape index (κ3) is 1.07. The van der Waals surface area contributed by atoms with Crippen molar-refractivity contribution in [3.05, 3.63) is 42.5 Å². The highest BCUT2D eigenvalue weighted by Gasteiger charge is 2.01. The van der Waals surface area contributed by atoms with Crippen LogP contribution in [0.3, 0.4) is 0 Å². The lowest BCUT2D eigenvalue weighted by atomic mass is 10.3. The minimum Gasteiger partial charge on any atom is -0.218 e. The van der Waals surface area contributed by atoms with Gasteiger partial charge < -0.3 is 0 Å². The molecule has 0 amide bonds. The summed E-state index contributed by atoms with van der Waals surface area (Å²) in [4.78, 5) is 0. The molecule has 0 aliphatic rings. The first kappa shape index (κ1) is 5.88. The van der Waals surface area contributed by atoms with Gasteiger partial charge in [-0.15, -0.1) is 5.10 Å². The molecule has 2 rings (SSSR count). The molecule has 2 aromatic rings. The normalized spacial score (nSPS) is 11.2. The topological polar surface area (TPSA) is 30.7 Å². The van der Waals surface area contributed by atoms with Crippen molar-refractivity contribution in [3.63, 3.8) is 0 Å². The fourth-order valence-electron chi connectivity index (χ4n) is 0.936. The van der Waals surface area contributed by atoms with Gasteiger partial charge in [0.25, 0.3) is 0 Å². The number of rotatable bonds is 1. The van der Waals surface area contributed by atoms with Gasteiger partial charge in [0.2, 0.25) is 0 Å². The van der Waals surface area contributed by atoms with E-state index in [1.165, 1.54) is 16.9 Å². The van der Waals surface area contributed by atoms with Gasteiger partial charge in [0, 0.05) is 0 Å². The molecule has 0 saturated heterocycles. The predicted molar refractivity (Wildman–Crippen MR) is 41.3 cm³/mol. The van der Waals surface area contributed by atoms with E-state index in [1.807, 2.05) is 0 Å². The molecule has 60 valence electrons. The van der Waals surface area contributed by atoms with Crippen LogP contribution in [0.1, 0.15) is 1.37 Å². The van der Waals surface area contributed by atoms with Gasteiger partial charge in [0.1, 0.15) is 11.5 Å². The average molecular weight is 164 g/mol. The summed E-state index contributed by atoms with van der Waals surface area (Å²) >= 11 is 0. The van der Waals surface area contributed by atoms with E-state index < -0.39 is 0 Å². The molecule has 1 heterocycles. The summed E-state index contributed by atoms with van der Waals surface area (Å²) in [6.07, 6.45) is 1.36. The largest absolute Gasteiger partial charge is 0.218 e. The fourth-order valence-corrected chi connectivity index (χ4v) is 0.936. The molecule has 0 aliphatic heterocycles. The maximum Gasteiger partial charge on any atom is 0.148 e. The summed E-state index contributed by atoms with van der Waals surface area (Å²) < 4.78 is 21.5. The van der Waals surface area contributed by atoms with E-state index in [9.17, 15) is 4.39 Å². The maximum atomic E-state index is 13.1. The summed E-state index contributed by atoms with van der Waals surface area (Å²) in [6.45, 7) is 0. The summed E-state index contributed by atoms with van der Waals surface area (Å²) in [5.41, 5.74) is 0.300.